The van der Waals surface area contributed by atoms with Crippen LogP contribution < -0.4 is 5.73 Å². The van der Waals surface area contributed by atoms with Crippen molar-refractivity contribution in [2.24, 2.45) is 12.8 Å². The minimum Gasteiger partial charge on any atom is -0.441 e. The van der Waals surface area contributed by atoms with Gasteiger partial charge in [0.15, 0.2) is 11.5 Å². The van der Waals surface area contributed by atoms with Crippen LogP contribution in [0.25, 0.3) is 22.4 Å². The summed E-state index contributed by atoms with van der Waals surface area (Å²) in [6.45, 7) is 2.45. The van der Waals surface area contributed by atoms with Gasteiger partial charge < -0.3 is 14.7 Å². The number of nitrogens with two attached hydrogens (primary N) is 1. The average molecular weight is 256 g/mol. The van der Waals surface area contributed by atoms with E-state index in [-0.39, 0.29) is 0 Å². The van der Waals surface area contributed by atoms with Gasteiger partial charge in [0.1, 0.15) is 11.3 Å². The zero-order valence-electron chi connectivity index (χ0n) is 11.1. The predicted octanol–water partition coefficient (Wildman–Crippen LogP) is 2.04. The molecule has 0 saturated heterocycles. The standard InChI is InChI=1S/C14H16N4O/c1-9-17-11-7-10(3-4-13(11)19-9)12-8-16-14(5-6-15)18(12)2/h3-4,7-8H,5-6,15H2,1-2H3. The summed E-state index contributed by atoms with van der Waals surface area (Å²) in [5.41, 5.74) is 9.40. The molecular formula is C14H16N4O. The monoisotopic (exact) mass is 256 g/mol. The van der Waals surface area contributed by atoms with E-state index in [0.29, 0.717) is 12.4 Å². The molecule has 2 heterocycles. The third-order valence-corrected chi connectivity index (χ3v) is 3.24. The maximum atomic E-state index is 5.58. The van der Waals surface area contributed by atoms with Gasteiger partial charge in [0.25, 0.3) is 0 Å². The number of hydrogen-bond donors (Lipinski definition) is 1. The van der Waals surface area contributed by atoms with Crippen molar-refractivity contribution < 1.29 is 4.42 Å². The Morgan fingerprint density at radius 3 is 3.00 bits per heavy atom. The Bertz CT molecular complexity index is 726. The van der Waals surface area contributed by atoms with Gasteiger partial charge in [-0.05, 0) is 24.7 Å². The highest BCUT2D eigenvalue weighted by molar-refractivity contribution is 5.79. The van der Waals surface area contributed by atoms with E-state index in [1.165, 1.54) is 0 Å². The summed E-state index contributed by atoms with van der Waals surface area (Å²) in [7, 11) is 2.01. The van der Waals surface area contributed by atoms with Gasteiger partial charge in [0, 0.05) is 26.0 Å². The molecule has 2 aromatic heterocycles. The maximum Gasteiger partial charge on any atom is 0.192 e. The first-order chi connectivity index (χ1) is 9.19. The largest absolute Gasteiger partial charge is 0.441 e. The molecule has 0 aliphatic carbocycles. The molecule has 19 heavy (non-hydrogen) atoms. The molecule has 0 unspecified atom stereocenters. The molecule has 5 heteroatoms. The van der Waals surface area contributed by atoms with E-state index < -0.39 is 0 Å². The van der Waals surface area contributed by atoms with Crippen LogP contribution in [0.1, 0.15) is 11.7 Å². The van der Waals surface area contributed by atoms with Crippen LogP contribution in [0.15, 0.2) is 28.8 Å². The van der Waals surface area contributed by atoms with E-state index in [1.54, 1.807) is 0 Å². The zero-order chi connectivity index (χ0) is 13.4. The quantitative estimate of drug-likeness (QED) is 0.778. The highest BCUT2D eigenvalue weighted by Gasteiger charge is 2.10. The summed E-state index contributed by atoms with van der Waals surface area (Å²) >= 11 is 0. The van der Waals surface area contributed by atoms with Gasteiger partial charge in [-0.25, -0.2) is 9.97 Å². The molecule has 1 aromatic carbocycles. The van der Waals surface area contributed by atoms with E-state index >= 15 is 0 Å². The summed E-state index contributed by atoms with van der Waals surface area (Å²) in [4.78, 5) is 8.76. The number of fused-ring (bicyclic) bond motifs is 1. The molecule has 0 fully saturated rings. The van der Waals surface area contributed by atoms with Crippen molar-refractivity contribution in [2.45, 2.75) is 13.3 Å². The van der Waals surface area contributed by atoms with Gasteiger partial charge in [-0.3, -0.25) is 0 Å². The molecule has 3 rings (SSSR count). The lowest BCUT2D eigenvalue weighted by Gasteiger charge is -2.05. The van der Waals surface area contributed by atoms with Crippen LogP contribution in [0.4, 0.5) is 0 Å². The number of benzene rings is 1. The number of rotatable bonds is 3. The number of aryl methyl sites for hydroxylation is 1. The summed E-state index contributed by atoms with van der Waals surface area (Å²) in [5.74, 6) is 1.68. The smallest absolute Gasteiger partial charge is 0.192 e. The molecule has 0 amide bonds. The first-order valence-corrected chi connectivity index (χ1v) is 6.27. The van der Waals surface area contributed by atoms with Crippen molar-refractivity contribution in [3.8, 4) is 11.3 Å². The number of nitrogens with zero attached hydrogens (tertiary/aromatic N) is 3. The third kappa shape index (κ3) is 2.02. The molecule has 3 aromatic rings. The summed E-state index contributed by atoms with van der Waals surface area (Å²) in [6, 6.07) is 5.99. The lowest BCUT2D eigenvalue weighted by molar-refractivity contribution is 0.561. The molecular weight excluding hydrogens is 240 g/mol. The first kappa shape index (κ1) is 11.9. The Labute approximate surface area is 111 Å². The maximum absolute atomic E-state index is 5.58. The lowest BCUT2D eigenvalue weighted by Crippen LogP contribution is -2.08. The van der Waals surface area contributed by atoms with Crippen LogP contribution in [0.2, 0.25) is 0 Å². The van der Waals surface area contributed by atoms with E-state index in [0.717, 1.165) is 34.6 Å². The second-order valence-corrected chi connectivity index (χ2v) is 4.57. The van der Waals surface area contributed by atoms with Crippen LogP contribution in [0.3, 0.4) is 0 Å². The molecule has 0 radical (unpaired) electrons. The van der Waals surface area contributed by atoms with Gasteiger partial charge in [0.05, 0.1) is 11.9 Å². The van der Waals surface area contributed by atoms with Crippen molar-refractivity contribution in [1.29, 1.82) is 0 Å². The second kappa shape index (κ2) is 4.51. The van der Waals surface area contributed by atoms with E-state index in [1.807, 2.05) is 38.4 Å². The van der Waals surface area contributed by atoms with Crippen molar-refractivity contribution in [3.63, 3.8) is 0 Å². The van der Waals surface area contributed by atoms with Gasteiger partial charge >= 0.3 is 0 Å². The fourth-order valence-electron chi connectivity index (χ4n) is 2.28. The minimum atomic E-state index is 0.603. The number of aromatic nitrogens is 3. The third-order valence-electron chi connectivity index (χ3n) is 3.24. The van der Waals surface area contributed by atoms with Crippen molar-refractivity contribution in [2.75, 3.05) is 6.54 Å². The van der Waals surface area contributed by atoms with Crippen molar-refractivity contribution in [3.05, 3.63) is 36.1 Å². The lowest BCUT2D eigenvalue weighted by atomic mass is 10.1. The molecule has 0 bridgehead atoms. The van der Waals surface area contributed by atoms with Crippen LogP contribution >= 0.6 is 0 Å². The molecule has 0 aliphatic heterocycles. The van der Waals surface area contributed by atoms with Crippen LogP contribution in [0.5, 0.6) is 0 Å². The zero-order valence-corrected chi connectivity index (χ0v) is 11.1. The van der Waals surface area contributed by atoms with Crippen molar-refractivity contribution in [1.82, 2.24) is 14.5 Å². The molecule has 0 aliphatic rings. The molecule has 2 N–H and O–H groups in total. The average Bonchev–Trinajstić information content (AvgIpc) is 2.92. The van der Waals surface area contributed by atoms with Gasteiger partial charge in [0.2, 0.25) is 0 Å². The Morgan fingerprint density at radius 2 is 2.21 bits per heavy atom. The Balaban J connectivity index is 2.08. The Morgan fingerprint density at radius 1 is 1.37 bits per heavy atom. The minimum absolute atomic E-state index is 0.603. The molecule has 0 spiro atoms. The molecule has 0 atom stereocenters. The number of imidazole rings is 1. The number of oxazole rings is 1. The van der Waals surface area contributed by atoms with Gasteiger partial charge in [-0.1, -0.05) is 0 Å². The Hall–Kier alpha value is -2.14. The first-order valence-electron chi connectivity index (χ1n) is 6.27. The Kier molecular flexibility index (Phi) is 2.83. The van der Waals surface area contributed by atoms with Crippen LogP contribution in [-0.2, 0) is 13.5 Å². The fraction of sp³-hybridized carbons (Fsp3) is 0.286. The second-order valence-electron chi connectivity index (χ2n) is 4.57. The van der Waals surface area contributed by atoms with E-state index in [4.69, 9.17) is 10.2 Å². The highest BCUT2D eigenvalue weighted by atomic mass is 16.3. The molecule has 5 nitrogen and oxygen atoms in total. The highest BCUT2D eigenvalue weighted by Crippen LogP contribution is 2.25. The molecule has 98 valence electrons. The van der Waals surface area contributed by atoms with Gasteiger partial charge in [-0.15, -0.1) is 0 Å². The number of hydrogen-bond acceptors (Lipinski definition) is 4. The normalized spacial score (nSPS) is 11.3. The van der Waals surface area contributed by atoms with E-state index in [9.17, 15) is 0 Å². The van der Waals surface area contributed by atoms with Crippen molar-refractivity contribution >= 4 is 11.1 Å². The van der Waals surface area contributed by atoms with E-state index in [2.05, 4.69) is 14.5 Å². The molecule has 0 saturated carbocycles. The van der Waals surface area contributed by atoms with Crippen LogP contribution in [-0.4, -0.2) is 21.1 Å². The summed E-state index contributed by atoms with van der Waals surface area (Å²) in [6.07, 6.45) is 2.65. The SMILES string of the molecule is Cc1nc2cc(-c3cnc(CCN)n3C)ccc2o1. The topological polar surface area (TPSA) is 69.9 Å². The summed E-state index contributed by atoms with van der Waals surface area (Å²) in [5, 5.41) is 0. The predicted molar refractivity (Wildman–Crippen MR) is 73.7 cm³/mol. The van der Waals surface area contributed by atoms with Crippen LogP contribution in [0, 0.1) is 6.92 Å². The fourth-order valence-corrected chi connectivity index (χ4v) is 2.28. The van der Waals surface area contributed by atoms with Gasteiger partial charge in [-0.2, -0.15) is 0 Å². The summed E-state index contributed by atoms with van der Waals surface area (Å²) < 4.78 is 7.55.